The number of rotatable bonds is 3. The fraction of sp³-hybridized carbons (Fsp3) is 0.300. The Hall–Kier alpha value is -3.38. The van der Waals surface area contributed by atoms with Crippen LogP contribution in [0.5, 0.6) is 0 Å². The number of hydrogen-bond donors (Lipinski definition) is 1. The highest BCUT2D eigenvalue weighted by Crippen LogP contribution is 2.24. The first-order chi connectivity index (χ1) is 12.0. The van der Waals surface area contributed by atoms with Crippen molar-refractivity contribution in [1.82, 2.24) is 0 Å². The molecule has 0 aliphatic carbocycles. The number of nitrogen functional groups attached to an aromatic ring is 1. The molecule has 26 heavy (non-hydrogen) atoms. The van der Waals surface area contributed by atoms with Crippen LogP contribution in [0.3, 0.4) is 0 Å². The Balaban J connectivity index is 0.000000263. The normalized spacial score (nSPS) is 10.7. The van der Waals surface area contributed by atoms with E-state index in [9.17, 15) is 10.1 Å². The van der Waals surface area contributed by atoms with E-state index in [2.05, 4.69) is 12.1 Å². The smallest absolute Gasteiger partial charge is 0.269 e. The van der Waals surface area contributed by atoms with Crippen LogP contribution in [0.4, 0.5) is 11.4 Å². The van der Waals surface area contributed by atoms with Gasteiger partial charge in [0, 0.05) is 17.8 Å². The first-order valence-electron chi connectivity index (χ1n) is 7.97. The predicted octanol–water partition coefficient (Wildman–Crippen LogP) is 4.47. The minimum absolute atomic E-state index is 0.0440. The number of nitriles is 2. The van der Waals surface area contributed by atoms with Crippen LogP contribution in [0.25, 0.3) is 0 Å². The third-order valence-corrected chi connectivity index (χ3v) is 3.99. The number of hydrogen-bond acceptors (Lipinski definition) is 5. The van der Waals surface area contributed by atoms with Crippen molar-refractivity contribution in [3.8, 4) is 12.1 Å². The quantitative estimate of drug-likeness (QED) is 0.498. The van der Waals surface area contributed by atoms with Gasteiger partial charge in [0.15, 0.2) is 0 Å². The van der Waals surface area contributed by atoms with Crippen molar-refractivity contribution in [2.24, 2.45) is 0 Å². The summed E-state index contributed by atoms with van der Waals surface area (Å²) in [6, 6.07) is 17.8. The highest BCUT2D eigenvalue weighted by atomic mass is 16.6. The summed E-state index contributed by atoms with van der Waals surface area (Å²) >= 11 is 0. The molecule has 0 aliphatic heterocycles. The number of nitrogens with zero attached hydrogens (tertiary/aromatic N) is 3. The molecular formula is C20H22N4O2. The Kier molecular flexibility index (Phi) is 6.46. The molecule has 0 saturated heterocycles. The van der Waals surface area contributed by atoms with Crippen LogP contribution in [0.2, 0.25) is 0 Å². The highest BCUT2D eigenvalue weighted by molar-refractivity contribution is 5.42. The Labute approximate surface area is 153 Å². The summed E-state index contributed by atoms with van der Waals surface area (Å²) in [4.78, 5) is 9.92. The molecule has 134 valence electrons. The summed E-state index contributed by atoms with van der Waals surface area (Å²) in [6.07, 6.45) is 0. The van der Waals surface area contributed by atoms with Gasteiger partial charge in [-0.1, -0.05) is 24.3 Å². The average Bonchev–Trinajstić information content (AvgIpc) is 2.62. The molecule has 0 saturated carbocycles. The van der Waals surface area contributed by atoms with E-state index in [0.717, 1.165) is 16.8 Å². The first-order valence-corrected chi connectivity index (χ1v) is 7.97. The van der Waals surface area contributed by atoms with Crippen LogP contribution in [-0.4, -0.2) is 4.92 Å². The van der Waals surface area contributed by atoms with Crippen molar-refractivity contribution in [3.05, 3.63) is 69.8 Å². The van der Waals surface area contributed by atoms with E-state index in [1.165, 1.54) is 12.1 Å². The van der Waals surface area contributed by atoms with Crippen LogP contribution in [0, 0.1) is 32.8 Å². The van der Waals surface area contributed by atoms with Crippen LogP contribution in [-0.2, 0) is 10.8 Å². The molecular weight excluding hydrogens is 328 g/mol. The molecule has 0 aliphatic rings. The topological polar surface area (TPSA) is 117 Å². The minimum Gasteiger partial charge on any atom is -0.399 e. The van der Waals surface area contributed by atoms with Gasteiger partial charge in [-0.25, -0.2) is 0 Å². The molecule has 6 nitrogen and oxygen atoms in total. The van der Waals surface area contributed by atoms with Crippen molar-refractivity contribution in [3.63, 3.8) is 0 Å². The molecule has 0 fully saturated rings. The Morgan fingerprint density at radius 1 is 0.846 bits per heavy atom. The first kappa shape index (κ1) is 20.7. The second-order valence-electron chi connectivity index (χ2n) is 6.90. The van der Waals surface area contributed by atoms with E-state index < -0.39 is 15.8 Å². The molecule has 0 amide bonds. The van der Waals surface area contributed by atoms with E-state index >= 15 is 0 Å². The number of nitro groups is 1. The SMILES string of the molecule is CC(C)(C#N)c1ccc(N)cc1.CC(C)(C#N)c1ccc([N+](=O)[O-])cc1. The van der Waals surface area contributed by atoms with Crippen molar-refractivity contribution in [2.75, 3.05) is 5.73 Å². The number of anilines is 1. The van der Waals surface area contributed by atoms with Crippen molar-refractivity contribution in [2.45, 2.75) is 38.5 Å². The highest BCUT2D eigenvalue weighted by Gasteiger charge is 2.20. The van der Waals surface area contributed by atoms with E-state index in [0.29, 0.717) is 0 Å². The van der Waals surface area contributed by atoms with Gasteiger partial charge >= 0.3 is 0 Å². The second kappa shape index (κ2) is 8.13. The molecule has 0 aromatic heterocycles. The maximum absolute atomic E-state index is 10.4. The maximum atomic E-state index is 10.4. The van der Waals surface area contributed by atoms with E-state index in [1.807, 2.05) is 38.1 Å². The largest absolute Gasteiger partial charge is 0.399 e. The zero-order chi connectivity index (χ0) is 20.0. The third-order valence-electron chi connectivity index (χ3n) is 3.99. The molecule has 2 aromatic carbocycles. The molecule has 6 heteroatoms. The maximum Gasteiger partial charge on any atom is 0.269 e. The molecule has 0 spiro atoms. The van der Waals surface area contributed by atoms with Crippen LogP contribution >= 0.6 is 0 Å². The van der Waals surface area contributed by atoms with Crippen molar-refractivity contribution in [1.29, 1.82) is 10.5 Å². The molecule has 0 atom stereocenters. The van der Waals surface area contributed by atoms with Crippen molar-refractivity contribution < 1.29 is 4.92 Å². The summed E-state index contributed by atoms with van der Waals surface area (Å²) in [5, 5.41) is 28.0. The lowest BCUT2D eigenvalue weighted by Gasteiger charge is -2.15. The number of non-ortho nitro benzene ring substituents is 1. The molecule has 2 rings (SSSR count). The fourth-order valence-corrected chi connectivity index (χ4v) is 2.03. The second-order valence-corrected chi connectivity index (χ2v) is 6.90. The average molecular weight is 350 g/mol. The molecule has 0 radical (unpaired) electrons. The van der Waals surface area contributed by atoms with E-state index in [-0.39, 0.29) is 5.69 Å². The monoisotopic (exact) mass is 350 g/mol. The van der Waals surface area contributed by atoms with Crippen LogP contribution in [0.15, 0.2) is 48.5 Å². The van der Waals surface area contributed by atoms with Gasteiger partial charge in [0.1, 0.15) is 0 Å². The Morgan fingerprint density at radius 3 is 1.50 bits per heavy atom. The Morgan fingerprint density at radius 2 is 1.19 bits per heavy atom. The summed E-state index contributed by atoms with van der Waals surface area (Å²) in [5.41, 5.74) is 7.06. The van der Waals surface area contributed by atoms with Gasteiger partial charge in [-0.15, -0.1) is 0 Å². The lowest BCUT2D eigenvalue weighted by molar-refractivity contribution is -0.384. The summed E-state index contributed by atoms with van der Waals surface area (Å²) in [5.74, 6) is 0. The summed E-state index contributed by atoms with van der Waals surface area (Å²) in [6.45, 7) is 7.32. The molecule has 0 bridgehead atoms. The van der Waals surface area contributed by atoms with E-state index in [1.54, 1.807) is 26.0 Å². The zero-order valence-corrected chi connectivity index (χ0v) is 15.4. The molecule has 2 aromatic rings. The van der Waals surface area contributed by atoms with Crippen LogP contribution < -0.4 is 5.73 Å². The molecule has 2 N–H and O–H groups in total. The fourth-order valence-electron chi connectivity index (χ4n) is 2.03. The zero-order valence-electron chi connectivity index (χ0n) is 15.4. The minimum atomic E-state index is -0.602. The Bertz CT molecular complexity index is 839. The van der Waals surface area contributed by atoms with Crippen molar-refractivity contribution >= 4 is 11.4 Å². The lowest BCUT2D eigenvalue weighted by atomic mass is 9.86. The number of nitro benzene ring substituents is 1. The molecule has 0 unspecified atom stereocenters. The summed E-state index contributed by atoms with van der Waals surface area (Å²) < 4.78 is 0. The van der Waals surface area contributed by atoms with Gasteiger partial charge < -0.3 is 5.73 Å². The van der Waals surface area contributed by atoms with Gasteiger partial charge in [-0.3, -0.25) is 10.1 Å². The summed E-state index contributed by atoms with van der Waals surface area (Å²) in [7, 11) is 0. The lowest BCUT2D eigenvalue weighted by Crippen LogP contribution is -2.13. The van der Waals surface area contributed by atoms with Gasteiger partial charge in [-0.2, -0.15) is 10.5 Å². The van der Waals surface area contributed by atoms with Gasteiger partial charge in [0.05, 0.1) is 27.9 Å². The number of benzene rings is 2. The third kappa shape index (κ3) is 5.32. The van der Waals surface area contributed by atoms with Gasteiger partial charge in [0.2, 0.25) is 0 Å². The van der Waals surface area contributed by atoms with Gasteiger partial charge in [-0.05, 0) is 51.0 Å². The molecule has 0 heterocycles. The predicted molar refractivity (Wildman–Crippen MR) is 101 cm³/mol. The van der Waals surface area contributed by atoms with E-state index in [4.69, 9.17) is 16.3 Å². The van der Waals surface area contributed by atoms with Crippen LogP contribution in [0.1, 0.15) is 38.8 Å². The standard InChI is InChI=1S/C10H10N2O2.C10H12N2/c1-10(2,7-11)8-3-5-9(6-4-8)12(13)14;1-10(2,7-11)8-3-5-9(12)6-4-8/h3-6H,1-2H3;3-6H,12H2,1-2H3. The van der Waals surface area contributed by atoms with Gasteiger partial charge in [0.25, 0.3) is 5.69 Å². The number of nitrogens with two attached hydrogens (primary N) is 1.